The second-order valence-electron chi connectivity index (χ2n) is 6.29. The summed E-state index contributed by atoms with van der Waals surface area (Å²) in [6.07, 6.45) is -3.51. The van der Waals surface area contributed by atoms with E-state index in [9.17, 15) is 18.0 Å². The monoisotopic (exact) mass is 417 g/mol. The zero-order valence-corrected chi connectivity index (χ0v) is 16.3. The fraction of sp³-hybridized carbons (Fsp3) is 0.190. The fourth-order valence-corrected chi connectivity index (χ4v) is 3.30. The molecule has 150 valence electrons. The Morgan fingerprint density at radius 1 is 1.03 bits per heavy atom. The van der Waals surface area contributed by atoms with Gasteiger partial charge in [0.15, 0.2) is 5.16 Å². The Morgan fingerprint density at radius 3 is 2.34 bits per heavy atom. The Kier molecular flexibility index (Phi) is 6.53. The highest BCUT2D eigenvalue weighted by molar-refractivity contribution is 7.99. The van der Waals surface area contributed by atoms with Crippen molar-refractivity contribution in [2.45, 2.75) is 24.3 Å². The molecule has 0 bridgehead atoms. The normalized spacial score (nSPS) is 12.4. The predicted octanol–water partition coefficient (Wildman–Crippen LogP) is 5.13. The number of alkyl halides is 3. The minimum Gasteiger partial charge on any atom is -0.349 e. The van der Waals surface area contributed by atoms with Crippen molar-refractivity contribution >= 4 is 17.7 Å². The molecule has 1 heterocycles. The van der Waals surface area contributed by atoms with Crippen molar-refractivity contribution in [3.63, 3.8) is 0 Å². The third-order valence-electron chi connectivity index (χ3n) is 4.15. The maximum Gasteiger partial charge on any atom is 0.433 e. The van der Waals surface area contributed by atoms with Crippen molar-refractivity contribution in [1.82, 2.24) is 15.3 Å². The van der Waals surface area contributed by atoms with Crippen LogP contribution in [0.1, 0.15) is 24.2 Å². The fourth-order valence-electron chi connectivity index (χ4n) is 2.66. The van der Waals surface area contributed by atoms with Gasteiger partial charge in [-0.25, -0.2) is 9.97 Å². The summed E-state index contributed by atoms with van der Waals surface area (Å²) < 4.78 is 38.1. The van der Waals surface area contributed by atoms with Crippen molar-refractivity contribution in [3.8, 4) is 11.1 Å². The number of nitrogens with zero attached hydrogens (tertiary/aromatic N) is 2. The minimum absolute atomic E-state index is 0.0756. The largest absolute Gasteiger partial charge is 0.433 e. The molecule has 0 aliphatic heterocycles. The molecule has 2 aromatic carbocycles. The second kappa shape index (κ2) is 9.09. The van der Waals surface area contributed by atoms with Crippen LogP contribution in [0.5, 0.6) is 0 Å². The first kappa shape index (κ1) is 20.9. The van der Waals surface area contributed by atoms with Crippen LogP contribution in [0.25, 0.3) is 11.1 Å². The van der Waals surface area contributed by atoms with Crippen LogP contribution in [0.15, 0.2) is 72.0 Å². The summed E-state index contributed by atoms with van der Waals surface area (Å²) >= 11 is 0.861. The number of halogens is 3. The summed E-state index contributed by atoms with van der Waals surface area (Å²) in [6.45, 7) is 1.85. The van der Waals surface area contributed by atoms with Crippen molar-refractivity contribution in [3.05, 3.63) is 78.1 Å². The van der Waals surface area contributed by atoms with Crippen LogP contribution in [0, 0.1) is 0 Å². The van der Waals surface area contributed by atoms with Gasteiger partial charge < -0.3 is 5.32 Å². The predicted molar refractivity (Wildman–Crippen MR) is 106 cm³/mol. The average Bonchev–Trinajstić information content (AvgIpc) is 2.72. The summed E-state index contributed by atoms with van der Waals surface area (Å²) in [5, 5.41) is 2.74. The van der Waals surface area contributed by atoms with Crippen LogP contribution in [-0.2, 0) is 11.0 Å². The molecular formula is C21H18F3N3OS. The van der Waals surface area contributed by atoms with Gasteiger partial charge in [0.25, 0.3) is 0 Å². The lowest BCUT2D eigenvalue weighted by Gasteiger charge is -2.15. The molecule has 1 atom stereocenters. The van der Waals surface area contributed by atoms with Crippen LogP contribution >= 0.6 is 11.8 Å². The van der Waals surface area contributed by atoms with Crippen LogP contribution in [0.2, 0.25) is 0 Å². The molecule has 1 aromatic heterocycles. The van der Waals surface area contributed by atoms with E-state index in [4.69, 9.17) is 0 Å². The number of aromatic nitrogens is 2. The first-order valence-electron chi connectivity index (χ1n) is 8.81. The summed E-state index contributed by atoms with van der Waals surface area (Å²) in [6, 6.07) is 18.3. The number of carbonyl (C=O) groups excluding carboxylic acids is 1. The van der Waals surface area contributed by atoms with Gasteiger partial charge >= 0.3 is 6.18 Å². The molecule has 4 nitrogen and oxygen atoms in total. The number of rotatable bonds is 6. The number of benzene rings is 2. The lowest BCUT2D eigenvalue weighted by molar-refractivity contribution is -0.141. The first-order chi connectivity index (χ1) is 13.8. The lowest BCUT2D eigenvalue weighted by Crippen LogP contribution is -2.28. The molecule has 0 radical (unpaired) electrons. The van der Waals surface area contributed by atoms with E-state index in [1.807, 2.05) is 61.5 Å². The molecule has 0 saturated heterocycles. The van der Waals surface area contributed by atoms with Gasteiger partial charge in [-0.3, -0.25) is 4.79 Å². The van der Waals surface area contributed by atoms with Crippen molar-refractivity contribution in [1.29, 1.82) is 0 Å². The standard InChI is InChI=1S/C21H18F3N3OS/c1-14(15-7-9-17(10-8-15)16-5-3-2-4-6-16)26-19(28)13-29-20-25-12-11-18(27-20)21(22,23)24/h2-12,14H,13H2,1H3,(H,26,28)/t14-/m1/s1. The van der Waals surface area contributed by atoms with Crippen LogP contribution in [0.4, 0.5) is 13.2 Å². The van der Waals surface area contributed by atoms with Gasteiger partial charge in [0, 0.05) is 6.20 Å². The summed E-state index contributed by atoms with van der Waals surface area (Å²) in [4.78, 5) is 19.4. The van der Waals surface area contributed by atoms with Gasteiger partial charge in [-0.2, -0.15) is 13.2 Å². The molecule has 8 heteroatoms. The van der Waals surface area contributed by atoms with Crippen molar-refractivity contribution in [2.75, 3.05) is 5.75 Å². The van der Waals surface area contributed by atoms with Crippen molar-refractivity contribution in [2.24, 2.45) is 0 Å². The molecule has 3 rings (SSSR count). The number of carbonyl (C=O) groups is 1. The summed E-state index contributed by atoms with van der Waals surface area (Å²) in [5.74, 6) is -0.385. The Balaban J connectivity index is 1.55. The van der Waals surface area contributed by atoms with Gasteiger partial charge in [0.2, 0.25) is 5.91 Å². The van der Waals surface area contributed by atoms with E-state index >= 15 is 0 Å². The molecular weight excluding hydrogens is 399 g/mol. The number of amides is 1. The highest BCUT2D eigenvalue weighted by Gasteiger charge is 2.32. The molecule has 0 aliphatic rings. The van der Waals surface area contributed by atoms with Crippen LogP contribution in [0.3, 0.4) is 0 Å². The number of thioether (sulfide) groups is 1. The highest BCUT2D eigenvalue weighted by Crippen LogP contribution is 2.28. The second-order valence-corrected chi connectivity index (χ2v) is 7.23. The summed E-state index contributed by atoms with van der Waals surface area (Å²) in [7, 11) is 0. The molecule has 0 unspecified atom stereocenters. The SMILES string of the molecule is C[C@@H](NC(=O)CSc1nccc(C(F)(F)F)n1)c1ccc(-c2ccccc2)cc1. The van der Waals surface area contributed by atoms with Crippen molar-refractivity contribution < 1.29 is 18.0 Å². The van der Waals surface area contributed by atoms with E-state index in [0.29, 0.717) is 0 Å². The molecule has 1 amide bonds. The van der Waals surface area contributed by atoms with E-state index in [0.717, 1.165) is 40.7 Å². The number of nitrogens with one attached hydrogen (secondary N) is 1. The van der Waals surface area contributed by atoms with E-state index in [1.54, 1.807) is 0 Å². The first-order valence-corrected chi connectivity index (χ1v) is 9.79. The number of hydrogen-bond acceptors (Lipinski definition) is 4. The molecule has 0 fully saturated rings. The maximum absolute atomic E-state index is 12.7. The topological polar surface area (TPSA) is 54.9 Å². The Morgan fingerprint density at radius 2 is 1.69 bits per heavy atom. The minimum atomic E-state index is -4.54. The van der Waals surface area contributed by atoms with Gasteiger partial charge in [0.1, 0.15) is 5.69 Å². The van der Waals surface area contributed by atoms with Crippen LogP contribution in [-0.4, -0.2) is 21.6 Å². The Hall–Kier alpha value is -2.87. The molecule has 3 aromatic rings. The zero-order valence-electron chi connectivity index (χ0n) is 15.5. The Bertz CT molecular complexity index is 963. The van der Waals surface area contributed by atoms with E-state index in [1.165, 1.54) is 0 Å². The Labute approximate surface area is 170 Å². The number of hydrogen-bond donors (Lipinski definition) is 1. The maximum atomic E-state index is 12.7. The van der Waals surface area contributed by atoms with Gasteiger partial charge in [-0.05, 0) is 29.7 Å². The highest BCUT2D eigenvalue weighted by atomic mass is 32.2. The molecule has 1 N–H and O–H groups in total. The smallest absolute Gasteiger partial charge is 0.349 e. The molecule has 0 saturated carbocycles. The molecule has 0 aliphatic carbocycles. The summed E-state index contributed by atoms with van der Waals surface area (Å²) in [5.41, 5.74) is 2.08. The van der Waals surface area contributed by atoms with Crippen LogP contribution < -0.4 is 5.32 Å². The third-order valence-corrected chi connectivity index (χ3v) is 5.01. The zero-order chi connectivity index (χ0) is 20.9. The van der Waals surface area contributed by atoms with Gasteiger partial charge in [-0.15, -0.1) is 0 Å². The van der Waals surface area contributed by atoms with Gasteiger partial charge in [-0.1, -0.05) is 66.4 Å². The van der Waals surface area contributed by atoms with Gasteiger partial charge in [0.05, 0.1) is 11.8 Å². The third kappa shape index (κ3) is 5.80. The average molecular weight is 417 g/mol. The van der Waals surface area contributed by atoms with E-state index in [2.05, 4.69) is 15.3 Å². The molecule has 29 heavy (non-hydrogen) atoms. The quantitative estimate of drug-likeness (QED) is 0.446. The lowest BCUT2D eigenvalue weighted by atomic mass is 10.0. The van der Waals surface area contributed by atoms with E-state index in [-0.39, 0.29) is 22.9 Å². The molecule has 0 spiro atoms. The van der Waals surface area contributed by atoms with E-state index < -0.39 is 11.9 Å².